The van der Waals surface area contributed by atoms with E-state index in [0.717, 1.165) is 0 Å². The lowest BCUT2D eigenvalue weighted by Gasteiger charge is -2.27. The molecule has 0 saturated carbocycles. The molecule has 0 aliphatic carbocycles. The van der Waals surface area contributed by atoms with Gasteiger partial charge in [0, 0.05) is 12.5 Å². The molecule has 1 atom stereocenters. The fourth-order valence-corrected chi connectivity index (χ4v) is 1.95. The van der Waals surface area contributed by atoms with Crippen molar-refractivity contribution >= 4 is 6.03 Å². The average molecular weight is 312 g/mol. The molecule has 0 spiro atoms. The second kappa shape index (κ2) is 7.06. The van der Waals surface area contributed by atoms with E-state index in [4.69, 9.17) is 14.0 Å². The number of aromatic nitrogens is 2. The number of nitrogens with zero attached hydrogens (tertiary/aromatic N) is 3. The fourth-order valence-electron chi connectivity index (χ4n) is 1.95. The van der Waals surface area contributed by atoms with Gasteiger partial charge in [0.2, 0.25) is 5.89 Å². The Morgan fingerprint density at radius 2 is 2.18 bits per heavy atom. The molecule has 1 unspecified atom stereocenters. The summed E-state index contributed by atoms with van der Waals surface area (Å²) in [7, 11) is 1.71. The molecule has 2 heterocycles. The SMILES string of the molecule is CN(CC1COCCO1)C(=O)NCc1nc(C(C)(C)C)no1. The van der Waals surface area contributed by atoms with Crippen molar-refractivity contribution in [2.45, 2.75) is 38.8 Å². The summed E-state index contributed by atoms with van der Waals surface area (Å²) in [5.74, 6) is 1.02. The minimum absolute atomic E-state index is 0.0830. The van der Waals surface area contributed by atoms with E-state index in [1.54, 1.807) is 11.9 Å². The van der Waals surface area contributed by atoms with Crippen molar-refractivity contribution in [2.24, 2.45) is 0 Å². The Labute approximate surface area is 130 Å². The Hall–Kier alpha value is -1.67. The van der Waals surface area contributed by atoms with Gasteiger partial charge in [-0.2, -0.15) is 4.98 Å². The molecular formula is C14H24N4O4. The fraction of sp³-hybridized carbons (Fsp3) is 0.786. The van der Waals surface area contributed by atoms with Crippen LogP contribution >= 0.6 is 0 Å². The monoisotopic (exact) mass is 312 g/mol. The number of hydrogen-bond acceptors (Lipinski definition) is 6. The Kier molecular flexibility index (Phi) is 5.36. The highest BCUT2D eigenvalue weighted by Crippen LogP contribution is 2.18. The van der Waals surface area contributed by atoms with Gasteiger partial charge in [0.1, 0.15) is 0 Å². The van der Waals surface area contributed by atoms with Gasteiger partial charge in [-0.1, -0.05) is 25.9 Å². The molecule has 2 rings (SSSR count). The average Bonchev–Trinajstić information content (AvgIpc) is 2.94. The first-order valence-electron chi connectivity index (χ1n) is 7.37. The third-order valence-electron chi connectivity index (χ3n) is 3.24. The third-order valence-corrected chi connectivity index (χ3v) is 3.24. The van der Waals surface area contributed by atoms with E-state index < -0.39 is 0 Å². The quantitative estimate of drug-likeness (QED) is 0.889. The molecule has 1 aromatic rings. The summed E-state index contributed by atoms with van der Waals surface area (Å²) in [5.41, 5.74) is -0.180. The molecule has 8 nitrogen and oxygen atoms in total. The number of hydrogen-bond donors (Lipinski definition) is 1. The van der Waals surface area contributed by atoms with E-state index in [9.17, 15) is 4.79 Å². The van der Waals surface area contributed by atoms with Gasteiger partial charge in [0.25, 0.3) is 0 Å². The molecule has 1 aliphatic rings. The van der Waals surface area contributed by atoms with Crippen LogP contribution in [-0.2, 0) is 21.4 Å². The predicted molar refractivity (Wildman–Crippen MR) is 78.4 cm³/mol. The van der Waals surface area contributed by atoms with Crippen LogP contribution in [-0.4, -0.2) is 60.6 Å². The summed E-state index contributed by atoms with van der Waals surface area (Å²) in [6.45, 7) is 8.37. The molecule has 8 heteroatoms. The molecule has 1 aliphatic heterocycles. The van der Waals surface area contributed by atoms with Crippen molar-refractivity contribution in [3.05, 3.63) is 11.7 Å². The minimum atomic E-state index is -0.218. The summed E-state index contributed by atoms with van der Waals surface area (Å²) in [4.78, 5) is 17.9. The molecule has 1 saturated heterocycles. The van der Waals surface area contributed by atoms with Gasteiger partial charge >= 0.3 is 6.03 Å². The van der Waals surface area contributed by atoms with E-state index in [2.05, 4.69) is 15.5 Å². The maximum absolute atomic E-state index is 12.0. The van der Waals surface area contributed by atoms with Crippen LogP contribution < -0.4 is 5.32 Å². The lowest BCUT2D eigenvalue weighted by Crippen LogP contribution is -2.44. The number of carbonyl (C=O) groups excluding carboxylic acids is 1. The number of likely N-dealkylation sites (N-methyl/N-ethyl adjacent to an activating group) is 1. The molecule has 1 aromatic heterocycles. The summed E-state index contributed by atoms with van der Waals surface area (Å²) in [5, 5.41) is 6.66. The molecule has 22 heavy (non-hydrogen) atoms. The molecule has 124 valence electrons. The van der Waals surface area contributed by atoms with Gasteiger partial charge in [-0.3, -0.25) is 0 Å². The summed E-state index contributed by atoms with van der Waals surface area (Å²) in [6, 6.07) is -0.218. The lowest BCUT2D eigenvalue weighted by atomic mass is 9.96. The third kappa shape index (κ3) is 4.67. The van der Waals surface area contributed by atoms with Gasteiger partial charge in [-0.15, -0.1) is 0 Å². The molecule has 2 amide bonds. The molecular weight excluding hydrogens is 288 g/mol. The Balaban J connectivity index is 1.78. The van der Waals surface area contributed by atoms with Crippen LogP contribution in [0.4, 0.5) is 4.79 Å². The van der Waals surface area contributed by atoms with Gasteiger partial charge in [0.05, 0.1) is 39.0 Å². The van der Waals surface area contributed by atoms with Gasteiger partial charge < -0.3 is 24.2 Å². The van der Waals surface area contributed by atoms with Crippen molar-refractivity contribution in [3.8, 4) is 0 Å². The maximum atomic E-state index is 12.0. The van der Waals surface area contributed by atoms with Crippen LogP contribution in [0.1, 0.15) is 32.5 Å². The Morgan fingerprint density at radius 3 is 2.77 bits per heavy atom. The molecule has 1 fully saturated rings. The molecule has 0 bridgehead atoms. The maximum Gasteiger partial charge on any atom is 0.317 e. The van der Waals surface area contributed by atoms with E-state index >= 15 is 0 Å². The van der Waals surface area contributed by atoms with Crippen LogP contribution in [0.15, 0.2) is 4.52 Å². The van der Waals surface area contributed by atoms with Gasteiger partial charge in [-0.25, -0.2) is 4.79 Å². The minimum Gasteiger partial charge on any atom is -0.376 e. The second-order valence-corrected chi connectivity index (χ2v) is 6.37. The zero-order valence-electron chi connectivity index (χ0n) is 13.6. The van der Waals surface area contributed by atoms with Gasteiger partial charge in [0.15, 0.2) is 5.82 Å². The van der Waals surface area contributed by atoms with Crippen LogP contribution in [0.3, 0.4) is 0 Å². The summed E-state index contributed by atoms with van der Waals surface area (Å²) >= 11 is 0. The summed E-state index contributed by atoms with van der Waals surface area (Å²) in [6.07, 6.45) is -0.0830. The lowest BCUT2D eigenvalue weighted by molar-refractivity contribution is -0.0928. The van der Waals surface area contributed by atoms with E-state index in [1.807, 2.05) is 20.8 Å². The first kappa shape index (κ1) is 16.7. The van der Waals surface area contributed by atoms with Crippen LogP contribution in [0.5, 0.6) is 0 Å². The second-order valence-electron chi connectivity index (χ2n) is 6.37. The standard InChI is InChI=1S/C14H24N4O4/c1-14(2,3)12-16-11(22-17-12)7-15-13(19)18(4)8-10-9-20-5-6-21-10/h10H,5-9H2,1-4H3,(H,15,19). The zero-order valence-corrected chi connectivity index (χ0v) is 13.6. The number of amides is 2. The van der Waals surface area contributed by atoms with Crippen LogP contribution in [0.2, 0.25) is 0 Å². The number of rotatable bonds is 4. The van der Waals surface area contributed by atoms with Crippen molar-refractivity contribution in [3.63, 3.8) is 0 Å². The molecule has 0 aromatic carbocycles. The Bertz CT molecular complexity index is 491. The largest absolute Gasteiger partial charge is 0.376 e. The number of carbonyl (C=O) groups is 1. The van der Waals surface area contributed by atoms with Crippen molar-refractivity contribution in [1.82, 2.24) is 20.4 Å². The smallest absolute Gasteiger partial charge is 0.317 e. The number of ether oxygens (including phenoxy) is 2. The van der Waals surface area contributed by atoms with E-state index in [1.165, 1.54) is 0 Å². The van der Waals surface area contributed by atoms with Crippen molar-refractivity contribution < 1.29 is 18.8 Å². The van der Waals surface area contributed by atoms with Gasteiger partial charge in [-0.05, 0) is 0 Å². The molecule has 1 N–H and O–H groups in total. The van der Waals surface area contributed by atoms with Crippen LogP contribution in [0.25, 0.3) is 0 Å². The highest BCUT2D eigenvalue weighted by Gasteiger charge is 2.22. The highest BCUT2D eigenvalue weighted by molar-refractivity contribution is 5.73. The first-order chi connectivity index (χ1) is 10.4. The number of urea groups is 1. The topological polar surface area (TPSA) is 89.7 Å². The summed E-state index contributed by atoms with van der Waals surface area (Å²) < 4.78 is 16.0. The van der Waals surface area contributed by atoms with Crippen molar-refractivity contribution in [1.29, 1.82) is 0 Å². The van der Waals surface area contributed by atoms with Crippen LogP contribution in [0, 0.1) is 0 Å². The predicted octanol–water partition coefficient (Wildman–Crippen LogP) is 0.924. The van der Waals surface area contributed by atoms with E-state index in [0.29, 0.717) is 38.1 Å². The Morgan fingerprint density at radius 1 is 1.41 bits per heavy atom. The first-order valence-corrected chi connectivity index (χ1v) is 7.37. The van der Waals surface area contributed by atoms with Crippen molar-refractivity contribution in [2.75, 3.05) is 33.4 Å². The normalized spacial score (nSPS) is 19.0. The molecule has 0 radical (unpaired) electrons. The zero-order chi connectivity index (χ0) is 16.2. The highest BCUT2D eigenvalue weighted by atomic mass is 16.6. The van der Waals surface area contributed by atoms with E-state index in [-0.39, 0.29) is 24.1 Å². The number of nitrogens with one attached hydrogen (secondary N) is 1.